The zero-order valence-corrected chi connectivity index (χ0v) is 17.7. The number of hydrogen-bond donors (Lipinski definition) is 2. The molecule has 3 aliphatic heterocycles. The van der Waals surface area contributed by atoms with Crippen LogP contribution in [0.25, 0.3) is 0 Å². The summed E-state index contributed by atoms with van der Waals surface area (Å²) in [4.78, 5) is 21.0. The van der Waals surface area contributed by atoms with Gasteiger partial charge < -0.3 is 15.3 Å². The second kappa shape index (κ2) is 8.16. The summed E-state index contributed by atoms with van der Waals surface area (Å²) in [6, 6.07) is 13.6. The minimum Gasteiger partial charge on any atom is -0.379 e. The summed E-state index contributed by atoms with van der Waals surface area (Å²) in [7, 11) is 0. The summed E-state index contributed by atoms with van der Waals surface area (Å²) in [5, 5.41) is 31.4. The van der Waals surface area contributed by atoms with Gasteiger partial charge in [0.2, 0.25) is 0 Å². The molecule has 158 valence electrons. The Balaban J connectivity index is 1.36. The number of carbonyl (C=O) groups is 1. The highest BCUT2D eigenvalue weighted by atomic mass is 35.5. The molecule has 0 aliphatic carbocycles. The van der Waals surface area contributed by atoms with Crippen molar-refractivity contribution in [3.63, 3.8) is 0 Å². The van der Waals surface area contributed by atoms with Gasteiger partial charge in [0.25, 0.3) is 5.91 Å². The maximum absolute atomic E-state index is 12.7. The van der Waals surface area contributed by atoms with Crippen LogP contribution in [0.2, 0.25) is 5.02 Å². The summed E-state index contributed by atoms with van der Waals surface area (Å²) in [5.74, 6) is -0.557. The lowest BCUT2D eigenvalue weighted by Gasteiger charge is -2.58. The number of halogens is 1. The van der Waals surface area contributed by atoms with Gasteiger partial charge in [-0.1, -0.05) is 11.6 Å². The molecule has 3 atom stereocenters. The van der Waals surface area contributed by atoms with Gasteiger partial charge in [0.15, 0.2) is 11.3 Å². The molecule has 31 heavy (non-hydrogen) atoms. The number of rotatable bonds is 5. The number of aliphatic hydroxyl groups is 1. The average Bonchev–Trinajstić information content (AvgIpc) is 2.74. The number of aromatic nitrogens is 1. The highest BCUT2D eigenvalue weighted by molar-refractivity contribution is 6.31. The first-order valence-corrected chi connectivity index (χ1v) is 10.3. The van der Waals surface area contributed by atoms with Gasteiger partial charge in [-0.05, 0) is 43.7 Å². The molecule has 1 amide bonds. The van der Waals surface area contributed by atoms with Gasteiger partial charge in [0, 0.05) is 37.4 Å². The fraction of sp³-hybridized carbons (Fsp3) is 0.364. The molecule has 2 unspecified atom stereocenters. The third kappa shape index (κ3) is 4.19. The number of hydrogen-bond acceptors (Lipinski definition) is 7. The Hall–Kier alpha value is -3.17. The summed E-state index contributed by atoms with van der Waals surface area (Å²) >= 11 is 5.96. The van der Waals surface area contributed by atoms with Crippen molar-refractivity contribution in [1.29, 1.82) is 10.5 Å². The third-order valence-corrected chi connectivity index (χ3v) is 6.08. The van der Waals surface area contributed by atoms with Crippen molar-refractivity contribution in [2.75, 3.05) is 29.9 Å². The van der Waals surface area contributed by atoms with E-state index in [1.54, 1.807) is 0 Å². The van der Waals surface area contributed by atoms with Crippen LogP contribution >= 0.6 is 11.6 Å². The van der Waals surface area contributed by atoms with E-state index in [0.717, 1.165) is 25.2 Å². The molecule has 2 bridgehead atoms. The SMILES string of the molecule is C[C@](O)(CN1CC2CC(C1)N2c1ccc(C#N)cc1)C(=O)Nc1cnc(C#N)c(Cl)c1. The molecule has 0 saturated carbocycles. The molecule has 0 spiro atoms. The van der Waals surface area contributed by atoms with Crippen molar-refractivity contribution < 1.29 is 9.90 Å². The number of nitriles is 2. The predicted molar refractivity (Wildman–Crippen MR) is 115 cm³/mol. The van der Waals surface area contributed by atoms with E-state index < -0.39 is 11.5 Å². The molecular weight excluding hydrogens is 416 g/mol. The Kier molecular flexibility index (Phi) is 5.55. The maximum Gasteiger partial charge on any atom is 0.257 e. The molecule has 1 aromatic carbocycles. The average molecular weight is 437 g/mol. The zero-order chi connectivity index (χ0) is 22.2. The van der Waals surface area contributed by atoms with E-state index >= 15 is 0 Å². The Labute approximate surface area is 185 Å². The van der Waals surface area contributed by atoms with Crippen LogP contribution in [0.4, 0.5) is 11.4 Å². The first-order valence-electron chi connectivity index (χ1n) is 9.91. The first-order chi connectivity index (χ1) is 14.8. The van der Waals surface area contributed by atoms with Crippen molar-refractivity contribution in [3.8, 4) is 12.1 Å². The minimum atomic E-state index is -1.61. The van der Waals surface area contributed by atoms with Crippen LogP contribution in [-0.2, 0) is 4.79 Å². The summed E-state index contributed by atoms with van der Waals surface area (Å²) in [6.45, 7) is 3.17. The van der Waals surface area contributed by atoms with Crippen molar-refractivity contribution >= 4 is 28.9 Å². The summed E-state index contributed by atoms with van der Waals surface area (Å²) < 4.78 is 0. The van der Waals surface area contributed by atoms with E-state index in [1.165, 1.54) is 19.2 Å². The van der Waals surface area contributed by atoms with Gasteiger partial charge in [-0.3, -0.25) is 9.69 Å². The number of fused-ring (bicyclic) bond motifs is 2. The van der Waals surface area contributed by atoms with Gasteiger partial charge >= 0.3 is 0 Å². The molecule has 2 N–H and O–H groups in total. The molecule has 1 aromatic heterocycles. The monoisotopic (exact) mass is 436 g/mol. The number of pyridine rings is 1. The maximum atomic E-state index is 12.7. The van der Waals surface area contributed by atoms with Crippen LogP contribution in [-0.4, -0.2) is 58.2 Å². The number of anilines is 2. The van der Waals surface area contributed by atoms with Crippen LogP contribution in [0.1, 0.15) is 24.6 Å². The zero-order valence-electron chi connectivity index (χ0n) is 16.9. The van der Waals surface area contributed by atoms with E-state index in [2.05, 4.69) is 26.2 Å². The molecule has 3 fully saturated rings. The fourth-order valence-electron chi connectivity index (χ4n) is 4.32. The van der Waals surface area contributed by atoms with E-state index in [1.807, 2.05) is 30.3 Å². The fourth-order valence-corrected chi connectivity index (χ4v) is 4.53. The Morgan fingerprint density at radius 3 is 2.55 bits per heavy atom. The normalized spacial score (nSPS) is 21.9. The first kappa shape index (κ1) is 21.1. The van der Waals surface area contributed by atoms with Gasteiger partial charge in [-0.25, -0.2) is 4.98 Å². The van der Waals surface area contributed by atoms with Crippen molar-refractivity contribution in [1.82, 2.24) is 9.88 Å². The lowest BCUT2D eigenvalue weighted by molar-refractivity contribution is -0.135. The highest BCUT2D eigenvalue weighted by Crippen LogP contribution is 2.37. The van der Waals surface area contributed by atoms with Crippen molar-refractivity contribution in [2.45, 2.75) is 31.0 Å². The van der Waals surface area contributed by atoms with Crippen LogP contribution in [0.5, 0.6) is 0 Å². The predicted octanol–water partition coefficient (Wildman–Crippen LogP) is 2.13. The van der Waals surface area contributed by atoms with Gasteiger partial charge in [0.05, 0.1) is 28.5 Å². The molecular formula is C22H21ClN6O2. The minimum absolute atomic E-state index is 0.0748. The molecule has 3 aliphatic rings. The van der Waals surface area contributed by atoms with E-state index in [4.69, 9.17) is 22.1 Å². The van der Waals surface area contributed by atoms with E-state index in [9.17, 15) is 9.90 Å². The van der Waals surface area contributed by atoms with Gasteiger partial charge in [-0.15, -0.1) is 0 Å². The lowest BCUT2D eigenvalue weighted by Crippen LogP contribution is -2.70. The summed E-state index contributed by atoms with van der Waals surface area (Å²) in [6.07, 6.45) is 2.41. The molecule has 9 heteroatoms. The molecule has 0 radical (unpaired) electrons. The van der Waals surface area contributed by atoms with E-state index in [-0.39, 0.29) is 17.3 Å². The van der Waals surface area contributed by atoms with E-state index in [0.29, 0.717) is 23.3 Å². The van der Waals surface area contributed by atoms with Gasteiger partial charge in [-0.2, -0.15) is 10.5 Å². The van der Waals surface area contributed by atoms with Crippen molar-refractivity contribution in [2.24, 2.45) is 0 Å². The number of piperidine rings is 1. The lowest BCUT2D eigenvalue weighted by atomic mass is 9.85. The molecule has 3 saturated heterocycles. The standard InChI is InChI=1S/C22H21ClN6O2/c1-22(31,21(30)27-15-6-19(23)20(9-25)26-10-15)13-28-11-17-7-18(12-28)29(17)16-4-2-14(8-24)3-5-16/h2-6,10,17-18,31H,7,11-13H2,1H3,(H,27,30)/t17?,18?,22-/m0/s1. The number of nitrogens with zero attached hydrogens (tertiary/aromatic N) is 5. The van der Waals surface area contributed by atoms with Crippen molar-refractivity contribution in [3.05, 3.63) is 52.8 Å². The third-order valence-electron chi connectivity index (χ3n) is 5.79. The number of benzene rings is 1. The Bertz CT molecular complexity index is 1080. The highest BCUT2D eigenvalue weighted by Gasteiger charge is 2.46. The number of carbonyl (C=O) groups excluding carboxylic acids is 1. The number of piperazine rings is 1. The smallest absolute Gasteiger partial charge is 0.257 e. The summed E-state index contributed by atoms with van der Waals surface area (Å²) in [5.41, 5.74) is 0.517. The molecule has 5 rings (SSSR count). The molecule has 2 aromatic rings. The van der Waals surface area contributed by atoms with Crippen LogP contribution < -0.4 is 10.2 Å². The molecule has 8 nitrogen and oxygen atoms in total. The second-order valence-corrected chi connectivity index (χ2v) is 8.60. The van der Waals surface area contributed by atoms with Crippen LogP contribution in [0.3, 0.4) is 0 Å². The second-order valence-electron chi connectivity index (χ2n) is 8.20. The number of amides is 1. The van der Waals surface area contributed by atoms with Gasteiger partial charge in [0.1, 0.15) is 6.07 Å². The Morgan fingerprint density at radius 1 is 1.29 bits per heavy atom. The largest absolute Gasteiger partial charge is 0.379 e. The van der Waals surface area contributed by atoms with Crippen LogP contribution in [0.15, 0.2) is 36.5 Å². The number of nitrogens with one attached hydrogen (secondary N) is 1. The topological polar surface area (TPSA) is 116 Å². The quantitative estimate of drug-likeness (QED) is 0.737. The van der Waals surface area contributed by atoms with Crippen LogP contribution in [0, 0.1) is 22.7 Å². The Morgan fingerprint density at radius 2 is 1.97 bits per heavy atom. The molecule has 4 heterocycles.